The van der Waals surface area contributed by atoms with Crippen molar-refractivity contribution in [1.82, 2.24) is 0 Å². The molecular weight excluding hydrogens is 298 g/mol. The summed E-state index contributed by atoms with van der Waals surface area (Å²) < 4.78 is 25.5. The number of alkyl halides is 3. The fraction of sp³-hybridized carbons (Fsp3) is 0.364. The normalized spacial score (nSPS) is 12.9. The Morgan fingerprint density at radius 2 is 1.94 bits per heavy atom. The first-order valence-electron chi connectivity index (χ1n) is 4.58. The van der Waals surface area contributed by atoms with Gasteiger partial charge in [-0.15, -0.1) is 11.8 Å². The molecule has 1 rings (SSSR count). The Kier molecular flexibility index (Phi) is 4.92. The van der Waals surface area contributed by atoms with Crippen LogP contribution in [0.5, 0.6) is 0 Å². The van der Waals surface area contributed by atoms with E-state index >= 15 is 0 Å². The second kappa shape index (κ2) is 5.77. The van der Waals surface area contributed by atoms with Gasteiger partial charge < -0.3 is 0 Å². The van der Waals surface area contributed by atoms with Gasteiger partial charge in [-0.1, -0.05) is 34.1 Å². The Labute approximate surface area is 106 Å². The standard InChI is InChI=1S/C11H11BrF2OS/c1-6(15)9(12)7-4-3-5-8(11(13)14)10(7)16-2/h3-5,9,11H,1-2H3. The van der Waals surface area contributed by atoms with Crippen molar-refractivity contribution in [3.8, 4) is 0 Å². The summed E-state index contributed by atoms with van der Waals surface area (Å²) in [6, 6.07) is 4.63. The van der Waals surface area contributed by atoms with Gasteiger partial charge in [0.1, 0.15) is 5.78 Å². The van der Waals surface area contributed by atoms with Gasteiger partial charge in [-0.2, -0.15) is 0 Å². The summed E-state index contributed by atoms with van der Waals surface area (Å²) in [4.78, 5) is 11.2. The van der Waals surface area contributed by atoms with Gasteiger partial charge in [0, 0.05) is 10.5 Å². The van der Waals surface area contributed by atoms with Gasteiger partial charge in [-0.05, 0) is 18.7 Å². The fourth-order valence-electron chi connectivity index (χ4n) is 1.40. The summed E-state index contributed by atoms with van der Waals surface area (Å²) in [5.41, 5.74) is 0.591. The molecule has 5 heteroatoms. The number of thioether (sulfide) groups is 1. The van der Waals surface area contributed by atoms with E-state index in [1.165, 1.54) is 24.8 Å². The Hall–Kier alpha value is -0.420. The van der Waals surface area contributed by atoms with Gasteiger partial charge in [0.05, 0.1) is 4.83 Å². The maximum absolute atomic E-state index is 12.7. The minimum absolute atomic E-state index is 0.0179. The maximum atomic E-state index is 12.7. The highest BCUT2D eigenvalue weighted by Crippen LogP contribution is 2.37. The first-order chi connectivity index (χ1) is 7.49. The first-order valence-corrected chi connectivity index (χ1v) is 6.72. The van der Waals surface area contributed by atoms with E-state index in [0.717, 1.165) is 0 Å². The zero-order chi connectivity index (χ0) is 12.3. The number of carbonyl (C=O) groups excluding carboxylic acids is 1. The van der Waals surface area contributed by atoms with Crippen molar-refractivity contribution >= 4 is 33.5 Å². The zero-order valence-electron chi connectivity index (χ0n) is 8.84. The van der Waals surface area contributed by atoms with Crippen LogP contribution in [0.2, 0.25) is 0 Å². The average molecular weight is 309 g/mol. The van der Waals surface area contributed by atoms with Crippen molar-refractivity contribution in [3.63, 3.8) is 0 Å². The average Bonchev–Trinajstić information content (AvgIpc) is 2.26. The van der Waals surface area contributed by atoms with Crippen molar-refractivity contribution in [3.05, 3.63) is 29.3 Å². The molecule has 0 N–H and O–H groups in total. The Morgan fingerprint density at radius 1 is 1.38 bits per heavy atom. The topological polar surface area (TPSA) is 17.1 Å². The number of rotatable bonds is 4. The molecule has 0 fully saturated rings. The molecular formula is C11H11BrF2OS. The molecule has 1 aromatic rings. The molecule has 0 saturated carbocycles. The lowest BCUT2D eigenvalue weighted by Crippen LogP contribution is -2.04. The number of benzene rings is 1. The Morgan fingerprint density at radius 3 is 2.38 bits per heavy atom. The molecule has 0 amide bonds. The quantitative estimate of drug-likeness (QED) is 0.607. The molecule has 0 aromatic heterocycles. The van der Waals surface area contributed by atoms with Gasteiger partial charge in [-0.25, -0.2) is 8.78 Å². The maximum Gasteiger partial charge on any atom is 0.264 e. The van der Waals surface area contributed by atoms with Crippen LogP contribution in [-0.4, -0.2) is 12.0 Å². The first kappa shape index (κ1) is 13.6. The van der Waals surface area contributed by atoms with Crippen molar-refractivity contribution in [1.29, 1.82) is 0 Å². The molecule has 16 heavy (non-hydrogen) atoms. The van der Waals surface area contributed by atoms with Crippen LogP contribution >= 0.6 is 27.7 Å². The molecule has 1 atom stereocenters. The van der Waals surface area contributed by atoms with E-state index in [1.54, 1.807) is 18.4 Å². The van der Waals surface area contributed by atoms with Crippen LogP contribution in [0.1, 0.15) is 29.3 Å². The second-order valence-corrected chi connectivity index (χ2v) is 4.98. The number of hydrogen-bond acceptors (Lipinski definition) is 2. The van der Waals surface area contributed by atoms with Crippen LogP contribution < -0.4 is 0 Å². The summed E-state index contributed by atoms with van der Waals surface area (Å²) in [6.07, 6.45) is -0.793. The molecule has 0 radical (unpaired) electrons. The Bertz CT molecular complexity index is 396. The second-order valence-electron chi connectivity index (χ2n) is 3.24. The predicted molar refractivity (Wildman–Crippen MR) is 65.5 cm³/mol. The van der Waals surface area contributed by atoms with Crippen molar-refractivity contribution < 1.29 is 13.6 Å². The smallest absolute Gasteiger partial charge is 0.264 e. The molecule has 88 valence electrons. The van der Waals surface area contributed by atoms with Crippen LogP contribution in [0, 0.1) is 0 Å². The lowest BCUT2D eigenvalue weighted by atomic mass is 10.1. The van der Waals surface area contributed by atoms with Crippen LogP contribution in [0.4, 0.5) is 8.78 Å². The number of halogens is 3. The largest absolute Gasteiger partial charge is 0.298 e. The van der Waals surface area contributed by atoms with E-state index in [2.05, 4.69) is 15.9 Å². The number of ketones is 1. The molecule has 0 aliphatic heterocycles. The molecule has 0 spiro atoms. The van der Waals surface area contributed by atoms with E-state index < -0.39 is 11.3 Å². The fourth-order valence-corrected chi connectivity index (χ4v) is 2.75. The van der Waals surface area contributed by atoms with Gasteiger partial charge in [0.15, 0.2) is 0 Å². The molecule has 0 heterocycles. The van der Waals surface area contributed by atoms with Crippen LogP contribution in [0.25, 0.3) is 0 Å². The van der Waals surface area contributed by atoms with E-state index in [-0.39, 0.29) is 11.3 Å². The van der Waals surface area contributed by atoms with Crippen molar-refractivity contribution in [2.75, 3.05) is 6.26 Å². The lowest BCUT2D eigenvalue weighted by Gasteiger charge is -2.14. The zero-order valence-corrected chi connectivity index (χ0v) is 11.2. The number of hydrogen-bond donors (Lipinski definition) is 0. The highest BCUT2D eigenvalue weighted by molar-refractivity contribution is 9.09. The Balaban J connectivity index is 3.29. The third-order valence-corrected chi connectivity index (χ3v) is 4.16. The lowest BCUT2D eigenvalue weighted by molar-refractivity contribution is -0.116. The number of Topliss-reactive ketones (excluding diaryl/α,β-unsaturated/α-hetero) is 1. The summed E-state index contributed by atoms with van der Waals surface area (Å²) in [6.45, 7) is 1.43. The van der Waals surface area contributed by atoms with E-state index in [1.807, 2.05) is 0 Å². The van der Waals surface area contributed by atoms with Gasteiger partial charge in [-0.3, -0.25) is 4.79 Å². The summed E-state index contributed by atoms with van der Waals surface area (Å²) in [5.74, 6) is -0.0956. The van der Waals surface area contributed by atoms with E-state index in [0.29, 0.717) is 10.5 Å². The molecule has 0 aliphatic carbocycles. The summed E-state index contributed by atoms with van der Waals surface area (Å²) >= 11 is 4.45. The molecule has 0 saturated heterocycles. The molecule has 0 bridgehead atoms. The predicted octanol–water partition coefficient (Wildman–Crippen LogP) is 4.37. The highest BCUT2D eigenvalue weighted by Gasteiger charge is 2.21. The molecule has 1 aromatic carbocycles. The van der Waals surface area contributed by atoms with Crippen LogP contribution in [0.15, 0.2) is 23.1 Å². The van der Waals surface area contributed by atoms with Crippen molar-refractivity contribution in [2.45, 2.75) is 23.1 Å². The minimum atomic E-state index is -2.52. The van der Waals surface area contributed by atoms with Crippen LogP contribution in [-0.2, 0) is 4.79 Å². The van der Waals surface area contributed by atoms with E-state index in [4.69, 9.17) is 0 Å². The third kappa shape index (κ3) is 2.83. The van der Waals surface area contributed by atoms with Gasteiger partial charge in [0.2, 0.25) is 0 Å². The highest BCUT2D eigenvalue weighted by atomic mass is 79.9. The van der Waals surface area contributed by atoms with Crippen molar-refractivity contribution in [2.24, 2.45) is 0 Å². The number of carbonyl (C=O) groups is 1. The van der Waals surface area contributed by atoms with Gasteiger partial charge in [0.25, 0.3) is 6.43 Å². The monoisotopic (exact) mass is 308 g/mol. The minimum Gasteiger partial charge on any atom is -0.298 e. The molecule has 1 nitrogen and oxygen atoms in total. The summed E-state index contributed by atoms with van der Waals surface area (Å²) in [5, 5.41) is 0. The van der Waals surface area contributed by atoms with Crippen LogP contribution in [0.3, 0.4) is 0 Å². The summed E-state index contributed by atoms with van der Waals surface area (Å²) in [7, 11) is 0. The van der Waals surface area contributed by atoms with Gasteiger partial charge >= 0.3 is 0 Å². The molecule has 0 aliphatic rings. The SMILES string of the molecule is CSc1c(C(F)F)cccc1C(Br)C(C)=O. The molecule has 1 unspecified atom stereocenters. The third-order valence-electron chi connectivity index (χ3n) is 2.15. The van der Waals surface area contributed by atoms with E-state index in [9.17, 15) is 13.6 Å².